The van der Waals surface area contributed by atoms with Gasteiger partial charge in [-0.2, -0.15) is 0 Å². The van der Waals surface area contributed by atoms with Crippen LogP contribution >= 0.6 is 0 Å². The third kappa shape index (κ3) is 1.92. The number of benzene rings is 1. The number of nitrogens with two attached hydrogens (primary N) is 1. The van der Waals surface area contributed by atoms with E-state index >= 15 is 0 Å². The lowest BCUT2D eigenvalue weighted by Gasteiger charge is -2.16. The summed E-state index contributed by atoms with van der Waals surface area (Å²) in [7, 11) is 0. The molecule has 2 rings (SSSR count). The van der Waals surface area contributed by atoms with E-state index < -0.39 is 11.6 Å². The quantitative estimate of drug-likeness (QED) is 0.824. The summed E-state index contributed by atoms with van der Waals surface area (Å²) in [5.74, 6) is -2.39. The lowest BCUT2D eigenvalue weighted by molar-refractivity contribution is -0.122. The zero-order valence-corrected chi connectivity index (χ0v) is 8.75. The van der Waals surface area contributed by atoms with E-state index in [4.69, 9.17) is 5.73 Å². The van der Waals surface area contributed by atoms with Gasteiger partial charge in [0.05, 0.1) is 0 Å². The van der Waals surface area contributed by atoms with Crippen LogP contribution in [0.15, 0.2) is 18.2 Å². The fraction of sp³-hybridized carbons (Fsp3) is 0.417. The summed E-state index contributed by atoms with van der Waals surface area (Å²) in [5.41, 5.74) is 5.95. The van der Waals surface area contributed by atoms with Crippen LogP contribution in [-0.4, -0.2) is 5.91 Å². The fourth-order valence-electron chi connectivity index (χ4n) is 2.44. The molecule has 0 aliphatic heterocycles. The maximum atomic E-state index is 13.1. The van der Waals surface area contributed by atoms with Crippen LogP contribution < -0.4 is 5.73 Å². The molecule has 86 valence electrons. The van der Waals surface area contributed by atoms with Gasteiger partial charge in [0.25, 0.3) is 0 Å². The molecular weight excluding hydrogens is 212 g/mol. The summed E-state index contributed by atoms with van der Waals surface area (Å²) in [6.07, 6.45) is 2.44. The number of amides is 1. The lowest BCUT2D eigenvalue weighted by atomic mass is 9.88. The average molecular weight is 225 g/mol. The van der Waals surface area contributed by atoms with Crippen molar-refractivity contribution in [3.8, 4) is 0 Å². The molecule has 2 N–H and O–H groups in total. The van der Waals surface area contributed by atoms with Crippen LogP contribution in [0.3, 0.4) is 0 Å². The third-order valence-electron chi connectivity index (χ3n) is 3.25. The highest BCUT2D eigenvalue weighted by atomic mass is 19.2. The first-order valence-corrected chi connectivity index (χ1v) is 5.34. The van der Waals surface area contributed by atoms with Gasteiger partial charge in [-0.15, -0.1) is 0 Å². The van der Waals surface area contributed by atoms with E-state index in [0.29, 0.717) is 5.56 Å². The fourth-order valence-corrected chi connectivity index (χ4v) is 2.44. The molecule has 0 radical (unpaired) electrons. The summed E-state index contributed by atoms with van der Waals surface area (Å²) >= 11 is 0. The molecule has 0 saturated heterocycles. The number of halogens is 2. The van der Waals surface area contributed by atoms with E-state index in [-0.39, 0.29) is 17.7 Å². The monoisotopic (exact) mass is 225 g/mol. The van der Waals surface area contributed by atoms with Crippen LogP contribution in [0, 0.1) is 17.6 Å². The Morgan fingerprint density at radius 1 is 1.25 bits per heavy atom. The van der Waals surface area contributed by atoms with Crippen LogP contribution in [0.4, 0.5) is 8.78 Å². The van der Waals surface area contributed by atoms with Gasteiger partial charge in [-0.3, -0.25) is 4.79 Å². The molecule has 16 heavy (non-hydrogen) atoms. The molecule has 1 aromatic rings. The lowest BCUT2D eigenvalue weighted by Crippen LogP contribution is -2.25. The molecule has 1 amide bonds. The predicted molar refractivity (Wildman–Crippen MR) is 55.6 cm³/mol. The molecule has 2 unspecified atom stereocenters. The summed E-state index contributed by atoms with van der Waals surface area (Å²) < 4.78 is 25.8. The largest absolute Gasteiger partial charge is 0.369 e. The Kier molecular flexibility index (Phi) is 2.90. The average Bonchev–Trinajstić information content (AvgIpc) is 2.71. The van der Waals surface area contributed by atoms with E-state index in [9.17, 15) is 13.6 Å². The first-order chi connectivity index (χ1) is 7.59. The van der Waals surface area contributed by atoms with Gasteiger partial charge in [0.2, 0.25) is 5.91 Å². The molecule has 2 atom stereocenters. The zero-order chi connectivity index (χ0) is 11.7. The Morgan fingerprint density at radius 3 is 2.62 bits per heavy atom. The molecule has 1 saturated carbocycles. The maximum absolute atomic E-state index is 13.1. The van der Waals surface area contributed by atoms with Crippen LogP contribution in [0.25, 0.3) is 0 Å². The van der Waals surface area contributed by atoms with Gasteiger partial charge >= 0.3 is 0 Å². The van der Waals surface area contributed by atoms with Gasteiger partial charge in [-0.05, 0) is 36.5 Å². The normalized spacial score (nSPS) is 24.6. The number of carbonyl (C=O) groups excluding carboxylic acids is 1. The van der Waals surface area contributed by atoms with Gasteiger partial charge in [0.1, 0.15) is 0 Å². The molecule has 4 heteroatoms. The van der Waals surface area contributed by atoms with E-state index in [2.05, 4.69) is 0 Å². The van der Waals surface area contributed by atoms with Crippen molar-refractivity contribution in [3.05, 3.63) is 35.4 Å². The first kappa shape index (κ1) is 11.0. The SMILES string of the molecule is NC(=O)C1CCCC1c1ccc(F)c(F)c1. The van der Waals surface area contributed by atoms with Crippen molar-refractivity contribution >= 4 is 5.91 Å². The second-order valence-electron chi connectivity index (χ2n) is 4.22. The summed E-state index contributed by atoms with van der Waals surface area (Å²) in [4.78, 5) is 11.2. The number of carbonyl (C=O) groups is 1. The first-order valence-electron chi connectivity index (χ1n) is 5.34. The molecule has 1 aliphatic rings. The van der Waals surface area contributed by atoms with E-state index in [1.807, 2.05) is 0 Å². The Labute approximate surface area is 92.4 Å². The summed E-state index contributed by atoms with van der Waals surface area (Å²) in [5, 5.41) is 0. The third-order valence-corrected chi connectivity index (χ3v) is 3.25. The molecule has 0 bridgehead atoms. The summed E-state index contributed by atoms with van der Waals surface area (Å²) in [6, 6.07) is 3.80. The molecule has 0 spiro atoms. The Bertz CT molecular complexity index is 419. The van der Waals surface area contributed by atoms with E-state index in [0.717, 1.165) is 25.3 Å². The highest BCUT2D eigenvalue weighted by Crippen LogP contribution is 2.39. The number of hydrogen-bond acceptors (Lipinski definition) is 1. The minimum absolute atomic E-state index is 0.0624. The molecule has 0 heterocycles. The number of rotatable bonds is 2. The molecule has 1 aliphatic carbocycles. The topological polar surface area (TPSA) is 43.1 Å². The van der Waals surface area contributed by atoms with Crippen LogP contribution in [0.1, 0.15) is 30.7 Å². The van der Waals surface area contributed by atoms with Crippen LogP contribution in [0.5, 0.6) is 0 Å². The van der Waals surface area contributed by atoms with Crippen LogP contribution in [0.2, 0.25) is 0 Å². The highest BCUT2D eigenvalue weighted by Gasteiger charge is 2.32. The minimum Gasteiger partial charge on any atom is -0.369 e. The van der Waals surface area contributed by atoms with Crippen molar-refractivity contribution in [2.24, 2.45) is 11.7 Å². The molecule has 1 aromatic carbocycles. The number of hydrogen-bond donors (Lipinski definition) is 1. The van der Waals surface area contributed by atoms with Gasteiger partial charge < -0.3 is 5.73 Å². The van der Waals surface area contributed by atoms with Crippen molar-refractivity contribution in [2.75, 3.05) is 0 Å². The number of primary amides is 1. The standard InChI is InChI=1S/C12H13F2NO/c13-10-5-4-7(6-11(10)14)8-2-1-3-9(8)12(15)16/h4-6,8-9H,1-3H2,(H2,15,16). The highest BCUT2D eigenvalue weighted by molar-refractivity contribution is 5.78. The van der Waals surface area contributed by atoms with Gasteiger partial charge in [0.15, 0.2) is 11.6 Å². The van der Waals surface area contributed by atoms with Gasteiger partial charge in [-0.1, -0.05) is 12.5 Å². The Morgan fingerprint density at radius 2 is 2.00 bits per heavy atom. The van der Waals surface area contributed by atoms with Crippen molar-refractivity contribution in [2.45, 2.75) is 25.2 Å². The van der Waals surface area contributed by atoms with E-state index in [1.165, 1.54) is 12.1 Å². The summed E-state index contributed by atoms with van der Waals surface area (Å²) in [6.45, 7) is 0. The Hall–Kier alpha value is -1.45. The van der Waals surface area contributed by atoms with E-state index in [1.54, 1.807) is 0 Å². The minimum atomic E-state index is -0.868. The van der Waals surface area contributed by atoms with Gasteiger partial charge in [0, 0.05) is 5.92 Å². The van der Waals surface area contributed by atoms with Crippen molar-refractivity contribution in [3.63, 3.8) is 0 Å². The predicted octanol–water partition coefficient (Wildman–Crippen LogP) is 2.33. The van der Waals surface area contributed by atoms with Gasteiger partial charge in [-0.25, -0.2) is 8.78 Å². The van der Waals surface area contributed by atoms with Crippen molar-refractivity contribution in [1.82, 2.24) is 0 Å². The van der Waals surface area contributed by atoms with Crippen LogP contribution in [-0.2, 0) is 4.79 Å². The van der Waals surface area contributed by atoms with Crippen molar-refractivity contribution < 1.29 is 13.6 Å². The second-order valence-corrected chi connectivity index (χ2v) is 4.22. The zero-order valence-electron chi connectivity index (χ0n) is 8.75. The molecule has 2 nitrogen and oxygen atoms in total. The molecular formula is C12H13F2NO. The smallest absolute Gasteiger partial charge is 0.221 e. The Balaban J connectivity index is 2.29. The molecule has 0 aromatic heterocycles. The maximum Gasteiger partial charge on any atom is 0.221 e. The molecule has 1 fully saturated rings. The second kappa shape index (κ2) is 4.20. The van der Waals surface area contributed by atoms with Crippen molar-refractivity contribution in [1.29, 1.82) is 0 Å².